The Hall–Kier alpha value is -3.21. The van der Waals surface area contributed by atoms with Crippen LogP contribution in [-0.2, 0) is 36.5 Å². The van der Waals surface area contributed by atoms with Gasteiger partial charge < -0.3 is 24.3 Å². The van der Waals surface area contributed by atoms with Crippen molar-refractivity contribution in [2.45, 2.75) is 66.0 Å². The molecule has 2 aromatic heterocycles. The Morgan fingerprint density at radius 3 is 2.59 bits per heavy atom. The topological polar surface area (TPSA) is 140 Å². The van der Waals surface area contributed by atoms with Crippen LogP contribution in [0.4, 0.5) is 5.82 Å². The van der Waals surface area contributed by atoms with Crippen molar-refractivity contribution in [3.8, 4) is 5.75 Å². The number of imidazole rings is 1. The van der Waals surface area contributed by atoms with Gasteiger partial charge in [-0.15, -0.1) is 0 Å². The fraction of sp³-hybridized carbons (Fsp3) is 0.393. The molecule has 0 aliphatic heterocycles. The minimum atomic E-state index is -4.15. The number of carbonyl (C=O) groups excluding carboxylic acids is 1. The predicted octanol–water partition coefficient (Wildman–Crippen LogP) is 5.88. The van der Waals surface area contributed by atoms with E-state index in [9.17, 15) is 9.36 Å². The summed E-state index contributed by atoms with van der Waals surface area (Å²) >= 11 is 6.12. The number of aromatic nitrogens is 3. The van der Waals surface area contributed by atoms with Crippen molar-refractivity contribution < 1.29 is 27.9 Å². The third kappa shape index (κ3) is 7.55. The molecule has 13 heteroatoms. The van der Waals surface area contributed by atoms with Crippen LogP contribution in [0.2, 0.25) is 5.02 Å². The van der Waals surface area contributed by atoms with Crippen molar-refractivity contribution in [2.24, 2.45) is 0 Å². The summed E-state index contributed by atoms with van der Waals surface area (Å²) < 4.78 is 38.9. The number of nitrogens with two attached hydrogens (primary N) is 1. The van der Waals surface area contributed by atoms with Crippen LogP contribution in [0.3, 0.4) is 0 Å². The first-order valence-corrected chi connectivity index (χ1v) is 15.2. The lowest BCUT2D eigenvalue weighted by molar-refractivity contribution is -0.149. The number of nitrogen functional groups attached to an aromatic ring is 1. The second-order valence-corrected chi connectivity index (χ2v) is 11.9. The number of nitrogens with zero attached hydrogens (tertiary/aromatic N) is 3. The molecule has 220 valence electrons. The standard InChI is InChI=1S/C28H35ClN5O6P/c1-6-37-16-24-32-25-26(22-12-7-8-13-23(22)31-27(25)30)34(24)15-18(4)39-41(36,33-19(5)28(35)38-17(2)3)40-21-11-9-10-20(29)14-21/h7-14,17-19H,6,15-16H2,1-5H3,(H2,30,31)(H,33,36)/t18-,19+,41+/m1/s1. The van der Waals surface area contributed by atoms with Crippen LogP contribution >= 0.6 is 19.3 Å². The van der Waals surface area contributed by atoms with Gasteiger partial charge in [0.1, 0.15) is 29.7 Å². The zero-order valence-corrected chi connectivity index (χ0v) is 25.3. The highest BCUT2D eigenvalue weighted by molar-refractivity contribution is 7.52. The van der Waals surface area contributed by atoms with E-state index in [-0.39, 0.29) is 30.8 Å². The molecule has 11 nitrogen and oxygen atoms in total. The van der Waals surface area contributed by atoms with Gasteiger partial charge in [0, 0.05) is 17.0 Å². The van der Waals surface area contributed by atoms with E-state index in [1.165, 1.54) is 13.0 Å². The number of ether oxygens (including phenoxy) is 2. The van der Waals surface area contributed by atoms with Crippen LogP contribution in [-0.4, -0.2) is 45.4 Å². The van der Waals surface area contributed by atoms with Crippen molar-refractivity contribution in [3.63, 3.8) is 0 Å². The summed E-state index contributed by atoms with van der Waals surface area (Å²) in [5, 5.41) is 3.95. The van der Waals surface area contributed by atoms with Gasteiger partial charge in [0.2, 0.25) is 0 Å². The molecular formula is C28H35ClN5O6P. The van der Waals surface area contributed by atoms with E-state index in [0.717, 1.165) is 10.9 Å². The maximum atomic E-state index is 14.1. The molecule has 0 amide bonds. The highest BCUT2D eigenvalue weighted by Gasteiger charge is 2.35. The smallest absolute Gasteiger partial charge is 0.459 e. The molecule has 0 saturated carbocycles. The first-order chi connectivity index (χ1) is 19.5. The van der Waals surface area contributed by atoms with Crippen molar-refractivity contribution in [2.75, 3.05) is 12.3 Å². The molecule has 0 spiro atoms. The lowest BCUT2D eigenvalue weighted by Crippen LogP contribution is -2.37. The van der Waals surface area contributed by atoms with Crippen LogP contribution in [0.5, 0.6) is 5.75 Å². The number of nitrogens with one attached hydrogen (secondary N) is 1. The summed E-state index contributed by atoms with van der Waals surface area (Å²) in [4.78, 5) is 21.8. The number of benzene rings is 2. The molecule has 0 fully saturated rings. The molecule has 2 heterocycles. The Bertz CT molecular complexity index is 1580. The summed E-state index contributed by atoms with van der Waals surface area (Å²) in [6, 6.07) is 13.0. The number of hydrogen-bond donors (Lipinski definition) is 2. The van der Waals surface area contributed by atoms with Crippen LogP contribution in [0.1, 0.15) is 40.4 Å². The molecular weight excluding hydrogens is 569 g/mol. The van der Waals surface area contributed by atoms with Gasteiger partial charge in [0.25, 0.3) is 0 Å². The molecule has 0 bridgehead atoms. The van der Waals surface area contributed by atoms with Gasteiger partial charge in [0.15, 0.2) is 5.82 Å². The number of rotatable bonds is 13. The minimum Gasteiger partial charge on any atom is -0.462 e. The van der Waals surface area contributed by atoms with Gasteiger partial charge in [0.05, 0.1) is 29.8 Å². The average Bonchev–Trinajstić information content (AvgIpc) is 3.25. The van der Waals surface area contributed by atoms with E-state index in [1.54, 1.807) is 39.0 Å². The van der Waals surface area contributed by atoms with E-state index < -0.39 is 25.9 Å². The Morgan fingerprint density at radius 1 is 1.12 bits per heavy atom. The number of para-hydroxylation sites is 1. The van der Waals surface area contributed by atoms with Crippen molar-refractivity contribution >= 4 is 53.1 Å². The molecule has 0 aliphatic carbocycles. The lowest BCUT2D eigenvalue weighted by Gasteiger charge is -2.26. The molecule has 0 saturated heterocycles. The van der Waals surface area contributed by atoms with Crippen LogP contribution in [0.15, 0.2) is 48.5 Å². The van der Waals surface area contributed by atoms with Crippen molar-refractivity contribution in [3.05, 3.63) is 59.4 Å². The van der Waals surface area contributed by atoms with Crippen LogP contribution in [0.25, 0.3) is 21.9 Å². The second kappa shape index (κ2) is 13.2. The molecule has 41 heavy (non-hydrogen) atoms. The first-order valence-electron chi connectivity index (χ1n) is 13.3. The Kier molecular flexibility index (Phi) is 9.88. The maximum Gasteiger partial charge on any atom is 0.459 e. The Labute approximate surface area is 243 Å². The fourth-order valence-electron chi connectivity index (χ4n) is 4.30. The molecule has 4 rings (SSSR count). The van der Waals surface area contributed by atoms with Gasteiger partial charge in [-0.25, -0.2) is 14.5 Å². The summed E-state index contributed by atoms with van der Waals surface area (Å²) in [6.45, 7) is 9.54. The molecule has 4 aromatic rings. The number of halogens is 1. The highest BCUT2D eigenvalue weighted by atomic mass is 35.5. The summed E-state index contributed by atoms with van der Waals surface area (Å²) in [5.41, 5.74) is 8.30. The summed E-state index contributed by atoms with van der Waals surface area (Å²) in [5.74, 6) is 0.507. The molecule has 3 atom stereocenters. The molecule has 0 unspecified atom stereocenters. The van der Waals surface area contributed by atoms with Gasteiger partial charge in [-0.1, -0.05) is 35.9 Å². The number of fused-ring (bicyclic) bond motifs is 3. The number of anilines is 1. The van der Waals surface area contributed by atoms with Crippen molar-refractivity contribution in [1.29, 1.82) is 0 Å². The number of hydrogen-bond acceptors (Lipinski definition) is 9. The van der Waals surface area contributed by atoms with E-state index in [1.807, 2.05) is 35.8 Å². The van der Waals surface area contributed by atoms with Gasteiger partial charge in [-0.05, 0) is 58.9 Å². The zero-order valence-electron chi connectivity index (χ0n) is 23.7. The van der Waals surface area contributed by atoms with Gasteiger partial charge in [-0.3, -0.25) is 9.32 Å². The number of esters is 1. The zero-order chi connectivity index (χ0) is 29.7. The van der Waals surface area contributed by atoms with E-state index in [2.05, 4.69) is 10.1 Å². The molecule has 2 aromatic carbocycles. The highest BCUT2D eigenvalue weighted by Crippen LogP contribution is 2.47. The normalized spacial score (nSPS) is 14.7. The largest absolute Gasteiger partial charge is 0.462 e. The van der Waals surface area contributed by atoms with Gasteiger partial charge in [-0.2, -0.15) is 5.09 Å². The Morgan fingerprint density at radius 2 is 1.88 bits per heavy atom. The summed E-state index contributed by atoms with van der Waals surface area (Å²) in [7, 11) is -4.15. The molecule has 0 radical (unpaired) electrons. The second-order valence-electron chi connectivity index (χ2n) is 9.79. The SMILES string of the molecule is CCOCc1nc2c(N)nc3ccccc3c2n1C[C@@H](C)O[P@@](=O)(N[C@@H](C)C(=O)OC(C)C)Oc1cccc(Cl)c1. The third-order valence-corrected chi connectivity index (χ3v) is 7.99. The first kappa shape index (κ1) is 30.7. The van der Waals surface area contributed by atoms with Crippen LogP contribution < -0.4 is 15.3 Å². The number of pyridine rings is 1. The molecule has 3 N–H and O–H groups in total. The maximum absolute atomic E-state index is 14.1. The van der Waals surface area contributed by atoms with Crippen LogP contribution in [0, 0.1) is 0 Å². The number of carbonyl (C=O) groups is 1. The monoisotopic (exact) mass is 603 g/mol. The van der Waals surface area contributed by atoms with E-state index >= 15 is 0 Å². The molecule has 0 aliphatic rings. The van der Waals surface area contributed by atoms with Gasteiger partial charge >= 0.3 is 13.7 Å². The van der Waals surface area contributed by atoms with E-state index in [4.69, 9.17) is 40.8 Å². The summed E-state index contributed by atoms with van der Waals surface area (Å²) in [6.07, 6.45) is -1.05. The third-order valence-electron chi connectivity index (χ3n) is 5.96. The average molecular weight is 604 g/mol. The van der Waals surface area contributed by atoms with Crippen molar-refractivity contribution in [1.82, 2.24) is 19.6 Å². The predicted molar refractivity (Wildman–Crippen MR) is 159 cm³/mol. The fourth-order valence-corrected chi connectivity index (χ4v) is 6.15. The minimum absolute atomic E-state index is 0.208. The Balaban J connectivity index is 1.69. The quantitative estimate of drug-likeness (QED) is 0.141. The van der Waals surface area contributed by atoms with E-state index in [0.29, 0.717) is 28.5 Å². The lowest BCUT2D eigenvalue weighted by atomic mass is 10.2.